The molecule has 0 aliphatic carbocycles. The average Bonchev–Trinajstić information content (AvgIpc) is 3.44. The second-order valence-electron chi connectivity index (χ2n) is 9.17. The smallest absolute Gasteiger partial charge is 0.331 e. The quantitative estimate of drug-likeness (QED) is 0.121. The van der Waals surface area contributed by atoms with Crippen molar-refractivity contribution in [2.45, 2.75) is 27.7 Å². The van der Waals surface area contributed by atoms with E-state index in [1.807, 2.05) is 78.9 Å². The number of anilines is 3. The standard InChI is InChI=1S/C32H27N3O5/c1-20(33-39-22(3)36)24-14-16-26(17-15-24)35(25-10-6-5-7-11-25)31-28-13-9-8-12-27(28)30(21(2)34-40-23(4)37)32-29(31)18-19-38-32/h5-19H,1-4H3/b33-20-,34-21+. The zero-order valence-corrected chi connectivity index (χ0v) is 22.5. The summed E-state index contributed by atoms with van der Waals surface area (Å²) in [6, 6.07) is 27.8. The van der Waals surface area contributed by atoms with Gasteiger partial charge in [-0.05, 0) is 55.1 Å². The second-order valence-corrected chi connectivity index (χ2v) is 9.17. The summed E-state index contributed by atoms with van der Waals surface area (Å²) in [6.07, 6.45) is 1.65. The van der Waals surface area contributed by atoms with Crippen LogP contribution >= 0.6 is 0 Å². The molecule has 1 aromatic heterocycles. The van der Waals surface area contributed by atoms with Gasteiger partial charge in [0.15, 0.2) is 0 Å². The Morgan fingerprint density at radius 3 is 1.88 bits per heavy atom. The number of fused-ring (bicyclic) bond motifs is 2. The number of carbonyl (C=O) groups is 2. The molecule has 0 aliphatic rings. The maximum Gasteiger partial charge on any atom is 0.331 e. The molecule has 0 aliphatic heterocycles. The van der Waals surface area contributed by atoms with Crippen LogP contribution in [-0.2, 0) is 19.3 Å². The third-order valence-electron chi connectivity index (χ3n) is 6.36. The van der Waals surface area contributed by atoms with Gasteiger partial charge in [-0.15, -0.1) is 0 Å². The van der Waals surface area contributed by atoms with Gasteiger partial charge in [-0.1, -0.05) is 64.9 Å². The number of oxime groups is 2. The van der Waals surface area contributed by atoms with Gasteiger partial charge in [-0.3, -0.25) is 0 Å². The Balaban J connectivity index is 1.75. The van der Waals surface area contributed by atoms with Gasteiger partial charge in [0.05, 0.1) is 28.9 Å². The van der Waals surface area contributed by atoms with E-state index in [-0.39, 0.29) is 0 Å². The first kappa shape index (κ1) is 26.4. The number of nitrogens with zero attached hydrogens (tertiary/aromatic N) is 3. The van der Waals surface area contributed by atoms with Crippen LogP contribution in [0.15, 0.2) is 106 Å². The largest absolute Gasteiger partial charge is 0.464 e. The van der Waals surface area contributed by atoms with E-state index in [1.165, 1.54) is 13.8 Å². The second kappa shape index (κ2) is 11.2. The van der Waals surface area contributed by atoms with Crippen molar-refractivity contribution in [3.8, 4) is 0 Å². The summed E-state index contributed by atoms with van der Waals surface area (Å²) in [5, 5.41) is 10.7. The lowest BCUT2D eigenvalue weighted by atomic mass is 9.95. The van der Waals surface area contributed by atoms with Gasteiger partial charge < -0.3 is 19.0 Å². The lowest BCUT2D eigenvalue weighted by Gasteiger charge is -2.28. The number of hydrogen-bond donors (Lipinski definition) is 0. The van der Waals surface area contributed by atoms with Gasteiger partial charge in [0, 0.05) is 36.0 Å². The van der Waals surface area contributed by atoms with E-state index in [0.717, 1.165) is 44.3 Å². The SMILES string of the molecule is CC(=O)O/N=C(/C)c1ccc(N(c2ccccc2)c2c3ccccc3c(/C(C)=N/OC(C)=O)c3occc23)cc1. The van der Waals surface area contributed by atoms with Crippen LogP contribution in [0.5, 0.6) is 0 Å². The molecular formula is C32H27N3O5. The molecule has 0 N–H and O–H groups in total. The molecule has 0 amide bonds. The number of furan rings is 1. The summed E-state index contributed by atoms with van der Waals surface area (Å²) >= 11 is 0. The minimum absolute atomic E-state index is 0.473. The summed E-state index contributed by atoms with van der Waals surface area (Å²) in [5.74, 6) is -0.971. The molecule has 0 saturated carbocycles. The van der Waals surface area contributed by atoms with Crippen molar-refractivity contribution < 1.29 is 23.7 Å². The lowest BCUT2D eigenvalue weighted by Crippen LogP contribution is -2.12. The van der Waals surface area contributed by atoms with Crippen molar-refractivity contribution in [1.29, 1.82) is 0 Å². The highest BCUT2D eigenvalue weighted by atomic mass is 16.7. The van der Waals surface area contributed by atoms with Gasteiger partial charge in [-0.2, -0.15) is 0 Å². The third-order valence-corrected chi connectivity index (χ3v) is 6.36. The molecule has 0 unspecified atom stereocenters. The van der Waals surface area contributed by atoms with Crippen molar-refractivity contribution in [3.05, 3.63) is 102 Å². The molecule has 0 radical (unpaired) electrons. The summed E-state index contributed by atoms with van der Waals surface area (Å²) in [6.45, 7) is 6.20. The Hall–Kier alpha value is -5.24. The van der Waals surface area contributed by atoms with Crippen molar-refractivity contribution >= 4 is 62.2 Å². The van der Waals surface area contributed by atoms with Gasteiger partial charge in [0.25, 0.3) is 0 Å². The van der Waals surface area contributed by atoms with Crippen LogP contribution in [0.4, 0.5) is 17.1 Å². The molecule has 4 aromatic carbocycles. The molecule has 40 heavy (non-hydrogen) atoms. The molecule has 0 atom stereocenters. The summed E-state index contributed by atoms with van der Waals surface area (Å²) in [7, 11) is 0. The van der Waals surface area contributed by atoms with Gasteiger partial charge in [0.2, 0.25) is 0 Å². The van der Waals surface area contributed by atoms with Crippen molar-refractivity contribution in [2.75, 3.05) is 4.90 Å². The Morgan fingerprint density at radius 1 is 0.650 bits per heavy atom. The van der Waals surface area contributed by atoms with Crippen LogP contribution in [0.1, 0.15) is 38.8 Å². The lowest BCUT2D eigenvalue weighted by molar-refractivity contribution is -0.141. The van der Waals surface area contributed by atoms with Crippen LogP contribution in [0, 0.1) is 0 Å². The zero-order valence-electron chi connectivity index (χ0n) is 22.5. The van der Waals surface area contributed by atoms with E-state index in [0.29, 0.717) is 17.0 Å². The number of hydrogen-bond acceptors (Lipinski definition) is 8. The van der Waals surface area contributed by atoms with Gasteiger partial charge >= 0.3 is 11.9 Å². The van der Waals surface area contributed by atoms with Crippen molar-refractivity contribution in [1.82, 2.24) is 0 Å². The molecule has 0 spiro atoms. The first-order valence-corrected chi connectivity index (χ1v) is 12.7. The molecule has 5 aromatic rings. The molecule has 5 rings (SSSR count). The first-order valence-electron chi connectivity index (χ1n) is 12.7. The molecule has 8 nitrogen and oxygen atoms in total. The highest BCUT2D eigenvalue weighted by Gasteiger charge is 2.24. The van der Waals surface area contributed by atoms with E-state index in [2.05, 4.69) is 21.3 Å². The molecular weight excluding hydrogens is 506 g/mol. The molecule has 0 bridgehead atoms. The molecule has 1 heterocycles. The molecule has 8 heteroatoms. The normalized spacial score (nSPS) is 12.0. The highest BCUT2D eigenvalue weighted by molar-refractivity contribution is 6.24. The number of benzene rings is 4. The average molecular weight is 534 g/mol. The number of para-hydroxylation sites is 1. The fraction of sp³-hybridized carbons (Fsp3) is 0.125. The van der Waals surface area contributed by atoms with E-state index in [9.17, 15) is 9.59 Å². The minimum Gasteiger partial charge on any atom is -0.464 e. The van der Waals surface area contributed by atoms with Gasteiger partial charge in [0.1, 0.15) is 5.58 Å². The van der Waals surface area contributed by atoms with E-state index >= 15 is 0 Å². The predicted molar refractivity (Wildman–Crippen MR) is 156 cm³/mol. The third kappa shape index (κ3) is 5.19. The highest BCUT2D eigenvalue weighted by Crippen LogP contribution is 2.45. The Labute approximate surface area is 231 Å². The fourth-order valence-corrected chi connectivity index (χ4v) is 4.66. The van der Waals surface area contributed by atoms with Crippen LogP contribution in [0.3, 0.4) is 0 Å². The number of rotatable bonds is 7. The Morgan fingerprint density at radius 2 is 1.23 bits per heavy atom. The van der Waals surface area contributed by atoms with Crippen LogP contribution in [-0.4, -0.2) is 23.4 Å². The zero-order chi connectivity index (χ0) is 28.2. The Bertz CT molecular complexity index is 1770. The monoisotopic (exact) mass is 533 g/mol. The van der Waals surface area contributed by atoms with Crippen LogP contribution in [0.2, 0.25) is 0 Å². The summed E-state index contributed by atoms with van der Waals surface area (Å²) in [5.41, 5.74) is 6.09. The van der Waals surface area contributed by atoms with E-state index < -0.39 is 11.9 Å². The van der Waals surface area contributed by atoms with E-state index in [1.54, 1.807) is 20.1 Å². The van der Waals surface area contributed by atoms with E-state index in [4.69, 9.17) is 14.1 Å². The first-order chi connectivity index (χ1) is 19.3. The maximum atomic E-state index is 11.5. The fourth-order valence-electron chi connectivity index (χ4n) is 4.66. The van der Waals surface area contributed by atoms with Crippen LogP contribution in [0.25, 0.3) is 21.7 Å². The van der Waals surface area contributed by atoms with Gasteiger partial charge in [-0.25, -0.2) is 9.59 Å². The van der Waals surface area contributed by atoms with Crippen LogP contribution < -0.4 is 4.90 Å². The molecule has 0 saturated heterocycles. The minimum atomic E-state index is -0.497. The topological polar surface area (TPSA) is 93.7 Å². The summed E-state index contributed by atoms with van der Waals surface area (Å²) < 4.78 is 6.04. The van der Waals surface area contributed by atoms with Crippen molar-refractivity contribution in [2.24, 2.45) is 10.3 Å². The van der Waals surface area contributed by atoms with Crippen molar-refractivity contribution in [3.63, 3.8) is 0 Å². The molecule has 200 valence electrons. The Kier molecular flexibility index (Phi) is 7.41. The maximum absolute atomic E-state index is 11.5. The number of carbonyl (C=O) groups excluding carboxylic acids is 2. The molecule has 0 fully saturated rings. The predicted octanol–water partition coefficient (Wildman–Crippen LogP) is 7.63. The summed E-state index contributed by atoms with van der Waals surface area (Å²) in [4.78, 5) is 34.6.